The van der Waals surface area contributed by atoms with Crippen LogP contribution in [-0.4, -0.2) is 41.5 Å². The standard InChI is InChI=1S/C19H33N3O4/c1-3-21-17(26)22-13(11-18(2)7-4-5-8-18)14(23)12-19(9-6-10-19)15(24)16(20)25/h13,15,24H,3-12H2,1-2H3,(H2,20,25)(H2,21,22,26)/t13-,15?/m0/s1. The summed E-state index contributed by atoms with van der Waals surface area (Å²) in [6.07, 6.45) is 5.80. The molecule has 7 nitrogen and oxygen atoms in total. The maximum absolute atomic E-state index is 13.0. The van der Waals surface area contributed by atoms with E-state index in [0.717, 1.165) is 32.1 Å². The van der Waals surface area contributed by atoms with Crippen molar-refractivity contribution in [1.82, 2.24) is 10.6 Å². The lowest BCUT2D eigenvalue weighted by molar-refractivity contribution is -0.143. The summed E-state index contributed by atoms with van der Waals surface area (Å²) in [5, 5.41) is 15.7. The molecule has 2 atom stereocenters. The Bertz CT molecular complexity index is 539. The van der Waals surface area contributed by atoms with Gasteiger partial charge in [0.2, 0.25) is 5.91 Å². The maximum atomic E-state index is 13.0. The van der Waals surface area contributed by atoms with Crippen LogP contribution >= 0.6 is 0 Å². The van der Waals surface area contributed by atoms with Crippen LogP contribution in [0, 0.1) is 10.8 Å². The molecule has 26 heavy (non-hydrogen) atoms. The smallest absolute Gasteiger partial charge is 0.315 e. The van der Waals surface area contributed by atoms with E-state index >= 15 is 0 Å². The number of carbonyl (C=O) groups excluding carboxylic acids is 3. The van der Waals surface area contributed by atoms with Crippen molar-refractivity contribution in [2.24, 2.45) is 16.6 Å². The molecule has 0 aromatic heterocycles. The molecular weight excluding hydrogens is 334 g/mol. The number of nitrogens with one attached hydrogen (secondary N) is 2. The van der Waals surface area contributed by atoms with Crippen LogP contribution in [0.25, 0.3) is 0 Å². The summed E-state index contributed by atoms with van der Waals surface area (Å²) < 4.78 is 0. The van der Waals surface area contributed by atoms with Crippen molar-refractivity contribution < 1.29 is 19.5 Å². The number of aliphatic hydroxyl groups excluding tert-OH is 1. The predicted molar refractivity (Wildman–Crippen MR) is 98.3 cm³/mol. The first kappa shape index (κ1) is 20.7. The molecule has 0 aromatic carbocycles. The van der Waals surface area contributed by atoms with Gasteiger partial charge in [0.1, 0.15) is 6.10 Å². The van der Waals surface area contributed by atoms with Gasteiger partial charge in [-0.3, -0.25) is 9.59 Å². The van der Waals surface area contributed by atoms with Crippen LogP contribution in [0.15, 0.2) is 0 Å². The van der Waals surface area contributed by atoms with E-state index in [0.29, 0.717) is 25.8 Å². The van der Waals surface area contributed by atoms with Gasteiger partial charge in [0.05, 0.1) is 6.04 Å². The molecule has 0 spiro atoms. The molecule has 1 unspecified atom stereocenters. The number of amides is 3. The highest BCUT2D eigenvalue weighted by Crippen LogP contribution is 2.48. The summed E-state index contributed by atoms with van der Waals surface area (Å²) in [7, 11) is 0. The zero-order valence-corrected chi connectivity index (χ0v) is 16.0. The Morgan fingerprint density at radius 3 is 2.19 bits per heavy atom. The van der Waals surface area contributed by atoms with E-state index in [2.05, 4.69) is 17.6 Å². The zero-order chi connectivity index (χ0) is 19.4. The third-order valence-corrected chi connectivity index (χ3v) is 6.26. The Balaban J connectivity index is 2.10. The second kappa shape index (κ2) is 8.37. The molecule has 2 rings (SSSR count). The molecule has 2 aliphatic rings. The summed E-state index contributed by atoms with van der Waals surface area (Å²) in [6.45, 7) is 4.46. The van der Waals surface area contributed by atoms with E-state index < -0.39 is 23.5 Å². The minimum absolute atomic E-state index is 0.0366. The topological polar surface area (TPSA) is 122 Å². The lowest BCUT2D eigenvalue weighted by atomic mass is 9.61. The molecular formula is C19H33N3O4. The SMILES string of the molecule is CCNC(=O)N[C@@H](CC1(C)CCCC1)C(=O)CC1(C(O)C(N)=O)CCC1. The Hall–Kier alpha value is -1.63. The van der Waals surface area contributed by atoms with E-state index in [-0.39, 0.29) is 23.7 Å². The quantitative estimate of drug-likeness (QED) is 0.495. The van der Waals surface area contributed by atoms with E-state index in [9.17, 15) is 19.5 Å². The van der Waals surface area contributed by atoms with Crippen LogP contribution in [-0.2, 0) is 9.59 Å². The Morgan fingerprint density at radius 1 is 1.12 bits per heavy atom. The second-order valence-corrected chi connectivity index (χ2v) is 8.44. The first-order valence-corrected chi connectivity index (χ1v) is 9.76. The number of aliphatic hydroxyl groups is 1. The Morgan fingerprint density at radius 2 is 1.73 bits per heavy atom. The molecule has 0 heterocycles. The van der Waals surface area contributed by atoms with Gasteiger partial charge < -0.3 is 21.5 Å². The monoisotopic (exact) mass is 367 g/mol. The zero-order valence-electron chi connectivity index (χ0n) is 16.0. The predicted octanol–water partition coefficient (Wildman–Crippen LogP) is 1.62. The highest BCUT2D eigenvalue weighted by atomic mass is 16.3. The normalized spacial score (nSPS) is 22.7. The molecule has 3 amide bonds. The fourth-order valence-corrected chi connectivity index (χ4v) is 4.49. The van der Waals surface area contributed by atoms with Gasteiger partial charge in [-0.2, -0.15) is 0 Å². The minimum Gasteiger partial charge on any atom is -0.383 e. The van der Waals surface area contributed by atoms with Crippen molar-refractivity contribution in [3.63, 3.8) is 0 Å². The van der Waals surface area contributed by atoms with Gasteiger partial charge in [0.15, 0.2) is 5.78 Å². The van der Waals surface area contributed by atoms with E-state index in [1.165, 1.54) is 0 Å². The van der Waals surface area contributed by atoms with Gasteiger partial charge in [-0.15, -0.1) is 0 Å². The second-order valence-electron chi connectivity index (χ2n) is 8.44. The lowest BCUT2D eigenvalue weighted by Gasteiger charge is -2.44. The summed E-state index contributed by atoms with van der Waals surface area (Å²) in [6, 6.07) is -0.965. The van der Waals surface area contributed by atoms with E-state index in [1.54, 1.807) is 0 Å². The number of primary amides is 1. The van der Waals surface area contributed by atoms with Crippen LogP contribution in [0.5, 0.6) is 0 Å². The lowest BCUT2D eigenvalue weighted by Crippen LogP contribution is -2.53. The van der Waals surface area contributed by atoms with Crippen molar-refractivity contribution in [3.8, 4) is 0 Å². The van der Waals surface area contributed by atoms with Crippen LogP contribution < -0.4 is 16.4 Å². The van der Waals surface area contributed by atoms with Gasteiger partial charge in [-0.1, -0.05) is 26.2 Å². The number of nitrogens with two attached hydrogens (primary N) is 1. The van der Waals surface area contributed by atoms with E-state index in [1.807, 2.05) is 6.92 Å². The van der Waals surface area contributed by atoms with Gasteiger partial charge in [-0.05, 0) is 44.4 Å². The first-order chi connectivity index (χ1) is 12.2. The number of urea groups is 1. The summed E-state index contributed by atoms with van der Waals surface area (Å²) >= 11 is 0. The molecule has 5 N–H and O–H groups in total. The van der Waals surface area contributed by atoms with Crippen molar-refractivity contribution in [2.75, 3.05) is 6.54 Å². The van der Waals surface area contributed by atoms with Crippen molar-refractivity contribution in [2.45, 2.75) is 83.8 Å². The van der Waals surface area contributed by atoms with Crippen molar-refractivity contribution >= 4 is 17.7 Å². The highest BCUT2D eigenvalue weighted by molar-refractivity contribution is 5.90. The van der Waals surface area contributed by atoms with Gasteiger partial charge in [-0.25, -0.2) is 4.79 Å². The number of ketones is 1. The number of hydrogen-bond acceptors (Lipinski definition) is 4. The van der Waals surface area contributed by atoms with Crippen LogP contribution in [0.4, 0.5) is 4.79 Å². The summed E-state index contributed by atoms with van der Waals surface area (Å²) in [5.74, 6) is -0.905. The molecule has 0 bridgehead atoms. The maximum Gasteiger partial charge on any atom is 0.315 e. The Kier molecular flexibility index (Phi) is 6.66. The molecule has 2 fully saturated rings. The van der Waals surface area contributed by atoms with Gasteiger partial charge in [0, 0.05) is 18.4 Å². The molecule has 0 saturated heterocycles. The average Bonchev–Trinajstić information content (AvgIpc) is 2.96. The van der Waals surface area contributed by atoms with Crippen molar-refractivity contribution in [3.05, 3.63) is 0 Å². The number of Topliss-reactive ketones (excluding diaryl/α,β-unsaturated/α-hetero) is 1. The fraction of sp³-hybridized carbons (Fsp3) is 0.842. The average molecular weight is 367 g/mol. The van der Waals surface area contributed by atoms with Gasteiger partial charge >= 0.3 is 6.03 Å². The largest absolute Gasteiger partial charge is 0.383 e. The fourth-order valence-electron chi connectivity index (χ4n) is 4.49. The molecule has 0 aliphatic heterocycles. The molecule has 2 aliphatic carbocycles. The third kappa shape index (κ3) is 4.75. The van der Waals surface area contributed by atoms with Crippen LogP contribution in [0.2, 0.25) is 0 Å². The highest BCUT2D eigenvalue weighted by Gasteiger charge is 2.48. The van der Waals surface area contributed by atoms with Gasteiger partial charge in [0.25, 0.3) is 0 Å². The molecule has 7 heteroatoms. The van der Waals surface area contributed by atoms with Crippen molar-refractivity contribution in [1.29, 1.82) is 0 Å². The first-order valence-electron chi connectivity index (χ1n) is 9.76. The van der Waals surface area contributed by atoms with E-state index in [4.69, 9.17) is 5.73 Å². The summed E-state index contributed by atoms with van der Waals surface area (Å²) in [5.41, 5.74) is 4.55. The van der Waals surface area contributed by atoms with Crippen LogP contribution in [0.1, 0.15) is 71.6 Å². The molecule has 0 aromatic rings. The Labute approximate surface area is 155 Å². The molecule has 2 saturated carbocycles. The number of hydrogen-bond donors (Lipinski definition) is 4. The third-order valence-electron chi connectivity index (χ3n) is 6.26. The molecule has 148 valence electrons. The summed E-state index contributed by atoms with van der Waals surface area (Å²) in [4.78, 5) is 36.5. The number of carbonyl (C=O) groups is 3. The van der Waals surface area contributed by atoms with Crippen LogP contribution in [0.3, 0.4) is 0 Å². The number of rotatable bonds is 9. The molecule has 0 radical (unpaired) electrons. The minimum atomic E-state index is -1.31.